The summed E-state index contributed by atoms with van der Waals surface area (Å²) in [6.45, 7) is 9.14. The van der Waals surface area contributed by atoms with E-state index in [-0.39, 0.29) is 12.1 Å². The van der Waals surface area contributed by atoms with Crippen LogP contribution in [0.15, 0.2) is 0 Å². The Hall–Kier alpha value is -0.570. The van der Waals surface area contributed by atoms with Crippen LogP contribution in [-0.2, 0) is 14.3 Å². The van der Waals surface area contributed by atoms with Crippen LogP contribution in [0.4, 0.5) is 0 Å². The third-order valence-electron chi connectivity index (χ3n) is 1.65. The van der Waals surface area contributed by atoms with Crippen LogP contribution in [0, 0.1) is 5.92 Å². The van der Waals surface area contributed by atoms with E-state index in [1.807, 2.05) is 13.8 Å². The topological polar surface area (TPSA) is 35.5 Å². The Morgan fingerprint density at radius 3 is 2.36 bits per heavy atom. The highest BCUT2D eigenvalue weighted by molar-refractivity contribution is 5.69. The van der Waals surface area contributed by atoms with E-state index in [1.54, 1.807) is 0 Å². The summed E-state index contributed by atoms with van der Waals surface area (Å²) in [5.41, 5.74) is 0. The van der Waals surface area contributed by atoms with E-state index in [4.69, 9.17) is 9.47 Å². The highest BCUT2D eigenvalue weighted by Gasteiger charge is 2.07. The van der Waals surface area contributed by atoms with Gasteiger partial charge >= 0.3 is 5.97 Å². The van der Waals surface area contributed by atoms with Crippen molar-refractivity contribution in [3.63, 3.8) is 0 Å². The summed E-state index contributed by atoms with van der Waals surface area (Å²) in [7, 11) is 0. The molecule has 1 unspecified atom stereocenters. The molecule has 0 heterocycles. The molecule has 3 heteroatoms. The summed E-state index contributed by atoms with van der Waals surface area (Å²) in [4.78, 5) is 11.0. The van der Waals surface area contributed by atoms with Gasteiger partial charge in [0.25, 0.3) is 0 Å². The van der Waals surface area contributed by atoms with E-state index in [9.17, 15) is 4.79 Å². The van der Waals surface area contributed by atoms with Gasteiger partial charge in [-0.2, -0.15) is 0 Å². The van der Waals surface area contributed by atoms with Crippen molar-refractivity contribution < 1.29 is 14.3 Å². The first-order chi connectivity index (χ1) is 6.56. The Kier molecular flexibility index (Phi) is 7.48. The maximum absolute atomic E-state index is 11.0. The fraction of sp³-hybridized carbons (Fsp3) is 0.909. The lowest BCUT2D eigenvalue weighted by Gasteiger charge is -2.14. The maximum Gasteiger partial charge on any atom is 0.305 e. The van der Waals surface area contributed by atoms with Crippen LogP contribution in [0.5, 0.6) is 0 Å². The van der Waals surface area contributed by atoms with E-state index in [1.165, 1.54) is 0 Å². The lowest BCUT2D eigenvalue weighted by molar-refractivity contribution is -0.147. The van der Waals surface area contributed by atoms with Crippen molar-refractivity contribution in [2.24, 2.45) is 5.92 Å². The molecule has 84 valence electrons. The van der Waals surface area contributed by atoms with Crippen molar-refractivity contribution in [1.29, 1.82) is 0 Å². The van der Waals surface area contributed by atoms with Crippen molar-refractivity contribution in [1.82, 2.24) is 0 Å². The first-order valence-corrected chi connectivity index (χ1v) is 5.33. The molecule has 0 amide bonds. The molecule has 0 radical (unpaired) electrons. The molecule has 3 nitrogen and oxygen atoms in total. The van der Waals surface area contributed by atoms with Crippen LogP contribution in [-0.4, -0.2) is 25.3 Å². The average molecular weight is 202 g/mol. The van der Waals surface area contributed by atoms with Crippen molar-refractivity contribution >= 4 is 5.97 Å². The highest BCUT2D eigenvalue weighted by Crippen LogP contribution is 2.00. The number of carbonyl (C=O) groups is 1. The fourth-order valence-electron chi connectivity index (χ4n) is 0.891. The van der Waals surface area contributed by atoms with Crippen LogP contribution < -0.4 is 0 Å². The van der Waals surface area contributed by atoms with Crippen molar-refractivity contribution in [3.8, 4) is 0 Å². The minimum atomic E-state index is -0.132. The summed E-state index contributed by atoms with van der Waals surface area (Å²) in [5, 5.41) is 0. The SMILES string of the molecule is CCCC(=O)OCC(C)OCC(C)C. The highest BCUT2D eigenvalue weighted by atomic mass is 16.6. The zero-order valence-corrected chi connectivity index (χ0v) is 9.71. The minimum absolute atomic E-state index is 0.00166. The fourth-order valence-corrected chi connectivity index (χ4v) is 0.891. The van der Waals surface area contributed by atoms with Gasteiger partial charge in [-0.05, 0) is 19.3 Å². The molecule has 0 aromatic carbocycles. The summed E-state index contributed by atoms with van der Waals surface area (Å²) < 4.78 is 10.5. The Morgan fingerprint density at radius 2 is 1.86 bits per heavy atom. The lowest BCUT2D eigenvalue weighted by Crippen LogP contribution is -2.20. The molecule has 0 aliphatic rings. The van der Waals surface area contributed by atoms with E-state index in [0.29, 0.717) is 25.6 Å². The van der Waals surface area contributed by atoms with Gasteiger partial charge in [0.2, 0.25) is 0 Å². The monoisotopic (exact) mass is 202 g/mol. The quantitative estimate of drug-likeness (QED) is 0.595. The van der Waals surface area contributed by atoms with Gasteiger partial charge < -0.3 is 9.47 Å². The molecule has 0 aromatic heterocycles. The molecule has 0 saturated carbocycles. The standard InChI is InChI=1S/C11H22O3/c1-5-6-11(12)14-8-10(4)13-7-9(2)3/h9-10H,5-8H2,1-4H3. The van der Waals surface area contributed by atoms with E-state index >= 15 is 0 Å². The number of rotatable bonds is 7. The lowest BCUT2D eigenvalue weighted by atomic mass is 10.2. The number of hydrogen-bond acceptors (Lipinski definition) is 3. The molecule has 0 spiro atoms. The first-order valence-electron chi connectivity index (χ1n) is 5.33. The number of hydrogen-bond donors (Lipinski definition) is 0. The Morgan fingerprint density at radius 1 is 1.21 bits per heavy atom. The molecule has 0 saturated heterocycles. The van der Waals surface area contributed by atoms with Crippen LogP contribution in [0.3, 0.4) is 0 Å². The summed E-state index contributed by atoms with van der Waals surface area (Å²) >= 11 is 0. The molecule has 0 bridgehead atoms. The molecule has 14 heavy (non-hydrogen) atoms. The molecule has 0 rings (SSSR count). The van der Waals surface area contributed by atoms with Gasteiger partial charge in [0.05, 0.1) is 6.10 Å². The van der Waals surface area contributed by atoms with Gasteiger partial charge in [-0.1, -0.05) is 20.8 Å². The third kappa shape index (κ3) is 8.05. The van der Waals surface area contributed by atoms with Crippen molar-refractivity contribution in [2.75, 3.05) is 13.2 Å². The average Bonchev–Trinajstić information content (AvgIpc) is 2.12. The molecule has 0 N–H and O–H groups in total. The van der Waals surface area contributed by atoms with Gasteiger partial charge in [0, 0.05) is 13.0 Å². The largest absolute Gasteiger partial charge is 0.463 e. The van der Waals surface area contributed by atoms with Crippen molar-refractivity contribution in [3.05, 3.63) is 0 Å². The predicted octanol–water partition coefficient (Wildman–Crippen LogP) is 2.39. The molecule has 1 atom stereocenters. The molecule has 0 aliphatic carbocycles. The van der Waals surface area contributed by atoms with Gasteiger partial charge in [-0.15, -0.1) is 0 Å². The second-order valence-electron chi connectivity index (χ2n) is 3.97. The molecular formula is C11H22O3. The molecular weight excluding hydrogens is 180 g/mol. The maximum atomic E-state index is 11.0. The molecule has 0 aliphatic heterocycles. The normalized spacial score (nSPS) is 12.9. The number of esters is 1. The number of carbonyl (C=O) groups excluding carboxylic acids is 1. The second kappa shape index (κ2) is 7.80. The van der Waals surface area contributed by atoms with Gasteiger partial charge in [0.15, 0.2) is 0 Å². The van der Waals surface area contributed by atoms with Crippen LogP contribution in [0.1, 0.15) is 40.5 Å². The van der Waals surface area contributed by atoms with Crippen LogP contribution >= 0.6 is 0 Å². The van der Waals surface area contributed by atoms with Crippen LogP contribution in [0.25, 0.3) is 0 Å². The van der Waals surface area contributed by atoms with Gasteiger partial charge in [0.1, 0.15) is 6.61 Å². The minimum Gasteiger partial charge on any atom is -0.463 e. The Labute approximate surface area is 86.8 Å². The first kappa shape index (κ1) is 13.4. The second-order valence-corrected chi connectivity index (χ2v) is 3.97. The summed E-state index contributed by atoms with van der Waals surface area (Å²) in [5.74, 6) is 0.385. The zero-order chi connectivity index (χ0) is 11.0. The van der Waals surface area contributed by atoms with E-state index < -0.39 is 0 Å². The van der Waals surface area contributed by atoms with Crippen LogP contribution in [0.2, 0.25) is 0 Å². The van der Waals surface area contributed by atoms with Gasteiger partial charge in [-0.25, -0.2) is 0 Å². The molecule has 0 aromatic rings. The number of ether oxygens (including phenoxy) is 2. The van der Waals surface area contributed by atoms with Gasteiger partial charge in [-0.3, -0.25) is 4.79 Å². The molecule has 0 fully saturated rings. The van der Waals surface area contributed by atoms with Crippen molar-refractivity contribution in [2.45, 2.75) is 46.6 Å². The zero-order valence-electron chi connectivity index (χ0n) is 9.71. The Balaban J connectivity index is 3.43. The Bertz CT molecular complexity index is 155. The van der Waals surface area contributed by atoms with E-state index in [2.05, 4.69) is 13.8 Å². The third-order valence-corrected chi connectivity index (χ3v) is 1.65. The summed E-state index contributed by atoms with van der Waals surface area (Å²) in [6, 6.07) is 0. The van der Waals surface area contributed by atoms with E-state index in [0.717, 1.165) is 6.42 Å². The smallest absolute Gasteiger partial charge is 0.305 e. The predicted molar refractivity (Wildman–Crippen MR) is 56.1 cm³/mol. The summed E-state index contributed by atoms with van der Waals surface area (Å²) in [6.07, 6.45) is 1.33.